The maximum Gasteiger partial charge on any atom is 0.333 e. The maximum atomic E-state index is 11.9. The van der Waals surface area contributed by atoms with Crippen molar-refractivity contribution in [3.05, 3.63) is 24.3 Å². The van der Waals surface area contributed by atoms with Gasteiger partial charge in [0.05, 0.1) is 10.9 Å². The average molecular weight is 308 g/mol. The van der Waals surface area contributed by atoms with Crippen molar-refractivity contribution in [3.63, 3.8) is 0 Å². The first-order valence-corrected chi connectivity index (χ1v) is 7.37. The Morgan fingerprint density at radius 1 is 1.29 bits per heavy atom. The van der Waals surface area contributed by atoms with E-state index in [1.165, 1.54) is 11.8 Å². The monoisotopic (exact) mass is 308 g/mol. The smallest absolute Gasteiger partial charge is 0.333 e. The molecule has 21 heavy (non-hydrogen) atoms. The summed E-state index contributed by atoms with van der Waals surface area (Å²) in [6.45, 7) is 2.22. The first-order valence-electron chi connectivity index (χ1n) is 6.49. The van der Waals surface area contributed by atoms with Crippen molar-refractivity contribution in [2.24, 2.45) is 0 Å². The fourth-order valence-electron chi connectivity index (χ4n) is 1.78. The summed E-state index contributed by atoms with van der Waals surface area (Å²) >= 11 is 1.34. The molecular weight excluding hydrogens is 292 g/mol. The molecule has 8 heteroatoms. The first kappa shape index (κ1) is 15.2. The molecule has 0 aromatic heterocycles. The molecule has 0 spiro atoms. The number of amides is 4. The number of anilines is 1. The fourth-order valence-corrected chi connectivity index (χ4v) is 2.89. The summed E-state index contributed by atoms with van der Waals surface area (Å²) in [6.07, 6.45) is -0.0166. The Labute approximate surface area is 126 Å². The van der Waals surface area contributed by atoms with Crippen LogP contribution in [0.25, 0.3) is 0 Å². The minimum absolute atomic E-state index is 0.0166. The lowest BCUT2D eigenvalue weighted by molar-refractivity contribution is -0.124. The Hall–Kier alpha value is -2.22. The molecule has 0 radical (unpaired) electrons. The van der Waals surface area contributed by atoms with Crippen LogP contribution in [0.5, 0.6) is 0 Å². The number of hydrazine groups is 1. The van der Waals surface area contributed by atoms with E-state index in [0.717, 1.165) is 10.6 Å². The quantitative estimate of drug-likeness (QED) is 0.622. The van der Waals surface area contributed by atoms with E-state index in [2.05, 4.69) is 21.5 Å². The molecule has 1 atom stereocenters. The average Bonchev–Trinajstić information content (AvgIpc) is 2.46. The van der Waals surface area contributed by atoms with E-state index in [1.54, 1.807) is 6.92 Å². The van der Waals surface area contributed by atoms with Crippen LogP contribution in [0.3, 0.4) is 0 Å². The number of carbonyl (C=O) groups excluding carboxylic acids is 3. The van der Waals surface area contributed by atoms with E-state index in [0.29, 0.717) is 6.54 Å². The predicted molar refractivity (Wildman–Crippen MR) is 79.7 cm³/mol. The third-order valence-corrected chi connectivity index (χ3v) is 4.01. The number of nitrogens with one attached hydrogen (secondary N) is 4. The summed E-state index contributed by atoms with van der Waals surface area (Å²) in [5, 5.41) is 4.72. The normalized spacial score (nSPS) is 16.4. The van der Waals surface area contributed by atoms with E-state index in [1.807, 2.05) is 24.3 Å². The van der Waals surface area contributed by atoms with Crippen LogP contribution in [0.4, 0.5) is 10.5 Å². The molecule has 4 amide bonds. The third kappa shape index (κ3) is 4.12. The van der Waals surface area contributed by atoms with Gasteiger partial charge in [-0.15, -0.1) is 11.8 Å². The van der Waals surface area contributed by atoms with Gasteiger partial charge in [0.15, 0.2) is 0 Å². The van der Waals surface area contributed by atoms with Crippen molar-refractivity contribution in [1.82, 2.24) is 16.2 Å². The number of thioether (sulfide) groups is 1. The van der Waals surface area contributed by atoms with Gasteiger partial charge in [-0.3, -0.25) is 15.0 Å². The topological polar surface area (TPSA) is 99.3 Å². The number of hydrogen-bond acceptors (Lipinski definition) is 4. The van der Waals surface area contributed by atoms with E-state index in [4.69, 9.17) is 0 Å². The van der Waals surface area contributed by atoms with Gasteiger partial charge in [-0.2, -0.15) is 0 Å². The summed E-state index contributed by atoms with van der Waals surface area (Å²) in [6, 6.07) is 6.92. The molecule has 1 heterocycles. The van der Waals surface area contributed by atoms with Gasteiger partial charge in [0.1, 0.15) is 0 Å². The highest BCUT2D eigenvalue weighted by atomic mass is 32.2. The van der Waals surface area contributed by atoms with Gasteiger partial charge in [-0.25, -0.2) is 10.2 Å². The number of benzene rings is 1. The summed E-state index contributed by atoms with van der Waals surface area (Å²) in [5.74, 6) is -0.639. The summed E-state index contributed by atoms with van der Waals surface area (Å²) < 4.78 is 0. The number of carbonyl (C=O) groups is 3. The van der Waals surface area contributed by atoms with Gasteiger partial charge >= 0.3 is 6.03 Å². The van der Waals surface area contributed by atoms with Gasteiger partial charge in [0, 0.05) is 17.9 Å². The SMILES string of the molecule is CCNC(=O)NNC(=O)C[C@H]1Sc2ccccc2NC1=O. The molecule has 2 rings (SSSR count). The summed E-state index contributed by atoms with van der Waals surface area (Å²) in [5.41, 5.74) is 5.24. The molecule has 0 saturated heterocycles. The molecule has 112 valence electrons. The van der Waals surface area contributed by atoms with Crippen molar-refractivity contribution in [3.8, 4) is 0 Å². The second-order valence-electron chi connectivity index (χ2n) is 4.33. The van der Waals surface area contributed by atoms with Crippen LogP contribution in [-0.4, -0.2) is 29.6 Å². The van der Waals surface area contributed by atoms with Crippen molar-refractivity contribution >= 4 is 35.3 Å². The Balaban J connectivity index is 1.87. The molecule has 0 fully saturated rings. The molecule has 1 aliphatic heterocycles. The van der Waals surface area contributed by atoms with Crippen molar-refractivity contribution in [2.75, 3.05) is 11.9 Å². The van der Waals surface area contributed by atoms with Crippen molar-refractivity contribution in [1.29, 1.82) is 0 Å². The van der Waals surface area contributed by atoms with Crippen LogP contribution in [0, 0.1) is 0 Å². The minimum atomic E-state index is -0.518. The zero-order chi connectivity index (χ0) is 15.2. The van der Waals surface area contributed by atoms with E-state index >= 15 is 0 Å². The second kappa shape index (κ2) is 6.98. The summed E-state index contributed by atoms with van der Waals surface area (Å²) in [4.78, 5) is 35.7. The van der Waals surface area contributed by atoms with Crippen molar-refractivity contribution < 1.29 is 14.4 Å². The maximum absolute atomic E-state index is 11.9. The second-order valence-corrected chi connectivity index (χ2v) is 5.57. The zero-order valence-electron chi connectivity index (χ0n) is 11.4. The molecule has 0 saturated carbocycles. The highest BCUT2D eigenvalue weighted by molar-refractivity contribution is 8.01. The lowest BCUT2D eigenvalue weighted by Crippen LogP contribution is -2.48. The minimum Gasteiger partial charge on any atom is -0.337 e. The van der Waals surface area contributed by atoms with Crippen LogP contribution in [0.2, 0.25) is 0 Å². The Morgan fingerprint density at radius 2 is 2.05 bits per heavy atom. The molecule has 1 aliphatic rings. The van der Waals surface area contributed by atoms with Gasteiger partial charge in [0.2, 0.25) is 11.8 Å². The largest absolute Gasteiger partial charge is 0.337 e. The first-order chi connectivity index (χ1) is 10.1. The molecule has 0 unspecified atom stereocenters. The van der Waals surface area contributed by atoms with E-state index in [-0.39, 0.29) is 12.3 Å². The number of urea groups is 1. The fraction of sp³-hybridized carbons (Fsp3) is 0.308. The third-order valence-electron chi connectivity index (χ3n) is 2.73. The molecule has 4 N–H and O–H groups in total. The van der Waals surface area contributed by atoms with Crippen LogP contribution in [-0.2, 0) is 9.59 Å². The lowest BCUT2D eigenvalue weighted by atomic mass is 10.2. The number of fused-ring (bicyclic) bond motifs is 1. The predicted octanol–water partition coefficient (Wildman–Crippen LogP) is 0.840. The molecule has 1 aromatic rings. The molecule has 7 nitrogen and oxygen atoms in total. The van der Waals surface area contributed by atoms with Gasteiger partial charge in [-0.05, 0) is 19.1 Å². The Kier molecular flexibility index (Phi) is 5.04. The zero-order valence-corrected chi connectivity index (χ0v) is 12.3. The number of para-hydroxylation sites is 1. The molecule has 0 bridgehead atoms. The lowest BCUT2D eigenvalue weighted by Gasteiger charge is -2.23. The highest BCUT2D eigenvalue weighted by Crippen LogP contribution is 2.36. The van der Waals surface area contributed by atoms with Crippen LogP contribution in [0.1, 0.15) is 13.3 Å². The van der Waals surface area contributed by atoms with Crippen molar-refractivity contribution in [2.45, 2.75) is 23.5 Å². The Morgan fingerprint density at radius 3 is 2.81 bits per heavy atom. The molecule has 1 aromatic carbocycles. The highest BCUT2D eigenvalue weighted by Gasteiger charge is 2.28. The van der Waals surface area contributed by atoms with E-state index < -0.39 is 17.2 Å². The Bertz CT molecular complexity index is 564. The molecular formula is C13H16N4O3S. The van der Waals surface area contributed by atoms with Crippen LogP contribution < -0.4 is 21.5 Å². The van der Waals surface area contributed by atoms with Crippen LogP contribution in [0.15, 0.2) is 29.2 Å². The van der Waals surface area contributed by atoms with Gasteiger partial charge in [0.25, 0.3) is 0 Å². The number of rotatable bonds is 3. The van der Waals surface area contributed by atoms with E-state index in [9.17, 15) is 14.4 Å². The standard InChI is InChI=1S/C13H16N4O3S/c1-2-14-13(20)17-16-11(18)7-10-12(19)15-8-5-3-4-6-9(8)21-10/h3-6,10H,2,7H2,1H3,(H,15,19)(H,16,18)(H2,14,17,20)/t10-/m1/s1. The summed E-state index contributed by atoms with van der Waals surface area (Å²) in [7, 11) is 0. The number of hydrogen-bond donors (Lipinski definition) is 4. The van der Waals surface area contributed by atoms with Crippen LogP contribution >= 0.6 is 11.8 Å². The molecule has 0 aliphatic carbocycles. The van der Waals surface area contributed by atoms with Gasteiger partial charge in [-0.1, -0.05) is 12.1 Å². The van der Waals surface area contributed by atoms with Gasteiger partial charge < -0.3 is 10.6 Å².